The van der Waals surface area contributed by atoms with Crippen molar-refractivity contribution in [2.24, 2.45) is 11.1 Å². The zero-order valence-electron chi connectivity index (χ0n) is 10.6. The molecule has 4 nitrogen and oxygen atoms in total. The van der Waals surface area contributed by atoms with E-state index in [9.17, 15) is 4.79 Å². The summed E-state index contributed by atoms with van der Waals surface area (Å²) in [4.78, 5) is 12.8. The Labute approximate surface area is 136 Å². The zero-order chi connectivity index (χ0) is 14.8. The summed E-state index contributed by atoms with van der Waals surface area (Å²) in [5.41, 5.74) is 5.47. The van der Waals surface area contributed by atoms with Gasteiger partial charge in [0, 0.05) is 17.7 Å². The molecule has 1 amide bonds. The van der Waals surface area contributed by atoms with Gasteiger partial charge in [-0.25, -0.2) is 0 Å². The standard InChI is InChI=1S/C13H14BrClN2O2S/c14-8-1-2-9(15)10(7-8)17-12(18)13(11(16)20)3-5-19-6-4-13/h1-2,7H,3-6H2,(H2,16,20)(H,17,18). The predicted molar refractivity (Wildman–Crippen MR) is 87.1 cm³/mol. The van der Waals surface area contributed by atoms with Gasteiger partial charge in [0.2, 0.25) is 5.91 Å². The Hall–Kier alpha value is -0.690. The Balaban J connectivity index is 2.25. The van der Waals surface area contributed by atoms with Gasteiger partial charge in [0.15, 0.2) is 0 Å². The van der Waals surface area contributed by atoms with Crippen LogP contribution in [-0.4, -0.2) is 24.1 Å². The fourth-order valence-corrected chi connectivity index (χ4v) is 2.96. The fourth-order valence-electron chi connectivity index (χ4n) is 2.14. The highest BCUT2D eigenvalue weighted by atomic mass is 79.9. The molecule has 1 aromatic rings. The summed E-state index contributed by atoms with van der Waals surface area (Å²) < 4.78 is 6.12. The Morgan fingerprint density at radius 2 is 2.10 bits per heavy atom. The maximum Gasteiger partial charge on any atom is 0.237 e. The Bertz CT molecular complexity index is 547. The number of carbonyl (C=O) groups is 1. The molecule has 108 valence electrons. The normalized spacial score (nSPS) is 17.5. The summed E-state index contributed by atoms with van der Waals surface area (Å²) in [7, 11) is 0. The molecular formula is C13H14BrClN2O2S. The lowest BCUT2D eigenvalue weighted by molar-refractivity contribution is -0.126. The molecule has 0 radical (unpaired) electrons. The molecule has 7 heteroatoms. The number of rotatable bonds is 3. The van der Waals surface area contributed by atoms with E-state index < -0.39 is 5.41 Å². The second-order valence-corrected chi connectivity index (χ2v) is 6.40. The molecule has 0 atom stereocenters. The molecule has 0 bridgehead atoms. The van der Waals surface area contributed by atoms with Crippen LogP contribution in [0.15, 0.2) is 22.7 Å². The Morgan fingerprint density at radius 1 is 1.45 bits per heavy atom. The molecule has 0 saturated carbocycles. The summed E-state index contributed by atoms with van der Waals surface area (Å²) in [6, 6.07) is 5.25. The van der Waals surface area contributed by atoms with Gasteiger partial charge in [0.1, 0.15) is 5.41 Å². The molecule has 1 aromatic carbocycles. The van der Waals surface area contributed by atoms with Crippen molar-refractivity contribution >= 4 is 56.3 Å². The first kappa shape index (κ1) is 15.7. The minimum Gasteiger partial charge on any atom is -0.392 e. The minimum absolute atomic E-state index is 0.199. The van der Waals surface area contributed by atoms with Crippen molar-refractivity contribution in [1.29, 1.82) is 0 Å². The number of carbonyl (C=O) groups excluding carboxylic acids is 1. The van der Waals surface area contributed by atoms with Crippen LogP contribution in [-0.2, 0) is 9.53 Å². The molecular weight excluding hydrogens is 364 g/mol. The lowest BCUT2D eigenvalue weighted by atomic mass is 9.79. The van der Waals surface area contributed by atoms with E-state index in [4.69, 9.17) is 34.3 Å². The van der Waals surface area contributed by atoms with Gasteiger partial charge < -0.3 is 15.8 Å². The third-order valence-corrected chi connectivity index (χ3v) is 4.64. The highest BCUT2D eigenvalue weighted by Crippen LogP contribution is 2.34. The molecule has 0 unspecified atom stereocenters. The van der Waals surface area contributed by atoms with Gasteiger partial charge in [0.25, 0.3) is 0 Å². The number of hydrogen-bond donors (Lipinski definition) is 2. The average molecular weight is 378 g/mol. The first-order chi connectivity index (χ1) is 9.45. The highest BCUT2D eigenvalue weighted by molar-refractivity contribution is 9.10. The van der Waals surface area contributed by atoms with E-state index in [0.717, 1.165) is 4.47 Å². The molecule has 2 rings (SSSR count). The summed E-state index contributed by atoms with van der Waals surface area (Å²) in [5, 5.41) is 3.28. The predicted octanol–water partition coefficient (Wildman–Crippen LogP) is 3.12. The number of nitrogens with one attached hydrogen (secondary N) is 1. The maximum atomic E-state index is 12.6. The number of hydrogen-bond acceptors (Lipinski definition) is 3. The van der Waals surface area contributed by atoms with Crippen molar-refractivity contribution in [3.8, 4) is 0 Å². The van der Waals surface area contributed by atoms with Crippen LogP contribution in [0.1, 0.15) is 12.8 Å². The van der Waals surface area contributed by atoms with Gasteiger partial charge in [-0.3, -0.25) is 4.79 Å². The van der Waals surface area contributed by atoms with Crippen molar-refractivity contribution in [3.63, 3.8) is 0 Å². The number of anilines is 1. The van der Waals surface area contributed by atoms with Crippen LogP contribution < -0.4 is 11.1 Å². The van der Waals surface area contributed by atoms with E-state index in [1.165, 1.54) is 0 Å². The molecule has 1 aliphatic rings. The van der Waals surface area contributed by atoms with E-state index in [1.807, 2.05) is 0 Å². The molecule has 0 aromatic heterocycles. The molecule has 20 heavy (non-hydrogen) atoms. The molecule has 0 aliphatic carbocycles. The van der Waals surface area contributed by atoms with Crippen molar-refractivity contribution in [1.82, 2.24) is 0 Å². The highest BCUT2D eigenvalue weighted by Gasteiger charge is 2.43. The molecule has 0 spiro atoms. The number of benzene rings is 1. The zero-order valence-corrected chi connectivity index (χ0v) is 13.8. The molecule has 1 heterocycles. The smallest absolute Gasteiger partial charge is 0.237 e. The lowest BCUT2D eigenvalue weighted by Crippen LogP contribution is -2.49. The van der Waals surface area contributed by atoms with E-state index in [-0.39, 0.29) is 10.9 Å². The second kappa shape index (κ2) is 6.39. The number of nitrogens with two attached hydrogens (primary N) is 1. The van der Waals surface area contributed by atoms with Crippen LogP contribution in [0.3, 0.4) is 0 Å². The van der Waals surface area contributed by atoms with Crippen LogP contribution in [0.2, 0.25) is 5.02 Å². The number of ether oxygens (including phenoxy) is 1. The van der Waals surface area contributed by atoms with Crippen LogP contribution >= 0.6 is 39.7 Å². The van der Waals surface area contributed by atoms with Crippen molar-refractivity contribution in [2.45, 2.75) is 12.8 Å². The second-order valence-electron chi connectivity index (χ2n) is 4.64. The van der Waals surface area contributed by atoms with Gasteiger partial charge in [0.05, 0.1) is 15.7 Å². The molecule has 1 aliphatic heterocycles. The Kier molecular flexibility index (Phi) is 5.01. The summed E-state index contributed by atoms with van der Waals surface area (Å²) in [6.07, 6.45) is 0.972. The van der Waals surface area contributed by atoms with Crippen LogP contribution in [0, 0.1) is 5.41 Å². The summed E-state index contributed by atoms with van der Waals surface area (Å²) in [6.45, 7) is 0.938. The van der Waals surface area contributed by atoms with E-state index in [2.05, 4.69) is 21.2 Å². The first-order valence-electron chi connectivity index (χ1n) is 6.10. The van der Waals surface area contributed by atoms with E-state index in [0.29, 0.717) is 36.8 Å². The number of halogens is 2. The minimum atomic E-state index is -0.862. The Morgan fingerprint density at radius 3 is 2.70 bits per heavy atom. The fraction of sp³-hybridized carbons (Fsp3) is 0.385. The largest absolute Gasteiger partial charge is 0.392 e. The van der Waals surface area contributed by atoms with Gasteiger partial charge in [-0.15, -0.1) is 0 Å². The summed E-state index contributed by atoms with van der Waals surface area (Å²) >= 11 is 14.5. The van der Waals surface area contributed by atoms with Crippen LogP contribution in [0.4, 0.5) is 5.69 Å². The maximum absolute atomic E-state index is 12.6. The number of amides is 1. The van der Waals surface area contributed by atoms with Crippen molar-refractivity contribution in [2.75, 3.05) is 18.5 Å². The third-order valence-electron chi connectivity index (χ3n) is 3.43. The molecule has 1 fully saturated rings. The monoisotopic (exact) mass is 376 g/mol. The topological polar surface area (TPSA) is 64.4 Å². The van der Waals surface area contributed by atoms with Crippen LogP contribution in [0.25, 0.3) is 0 Å². The van der Waals surface area contributed by atoms with Crippen molar-refractivity contribution < 1.29 is 9.53 Å². The molecule has 3 N–H and O–H groups in total. The van der Waals surface area contributed by atoms with Crippen LogP contribution in [0.5, 0.6) is 0 Å². The lowest BCUT2D eigenvalue weighted by Gasteiger charge is -2.34. The first-order valence-corrected chi connectivity index (χ1v) is 7.68. The molecule has 1 saturated heterocycles. The quantitative estimate of drug-likeness (QED) is 0.794. The van der Waals surface area contributed by atoms with Gasteiger partial charge in [-0.05, 0) is 31.0 Å². The van der Waals surface area contributed by atoms with E-state index in [1.54, 1.807) is 18.2 Å². The van der Waals surface area contributed by atoms with Gasteiger partial charge >= 0.3 is 0 Å². The van der Waals surface area contributed by atoms with Crippen molar-refractivity contribution in [3.05, 3.63) is 27.7 Å². The summed E-state index contributed by atoms with van der Waals surface area (Å²) in [5.74, 6) is -0.228. The van der Waals surface area contributed by atoms with Gasteiger partial charge in [-0.1, -0.05) is 39.7 Å². The number of thiocarbonyl (C=S) groups is 1. The SMILES string of the molecule is NC(=S)C1(C(=O)Nc2cc(Br)ccc2Cl)CCOCC1. The van der Waals surface area contributed by atoms with E-state index >= 15 is 0 Å². The average Bonchev–Trinajstić information content (AvgIpc) is 2.43. The van der Waals surface area contributed by atoms with Gasteiger partial charge in [-0.2, -0.15) is 0 Å². The third kappa shape index (κ3) is 3.14.